The molecule has 2 aromatic rings. The van der Waals surface area contributed by atoms with Gasteiger partial charge in [0.1, 0.15) is 17.1 Å². The Balaban J connectivity index is 0.000000223. The minimum absolute atomic E-state index is 0. The molecule has 9 fully saturated rings. The number of hydrogen-bond donors (Lipinski definition) is 3. The third-order valence-electron chi connectivity index (χ3n) is 21.3. The quantitative estimate of drug-likeness (QED) is 0.102. The van der Waals surface area contributed by atoms with Gasteiger partial charge in [-0.2, -0.15) is 10.2 Å². The van der Waals surface area contributed by atoms with E-state index in [0.717, 1.165) is 83.5 Å². The maximum absolute atomic E-state index is 16.5. The van der Waals surface area contributed by atoms with Gasteiger partial charge in [0.2, 0.25) is 0 Å². The summed E-state index contributed by atoms with van der Waals surface area (Å²) in [6.07, 6.45) is 21.6. The summed E-state index contributed by atoms with van der Waals surface area (Å²) in [4.78, 5) is 62.2. The van der Waals surface area contributed by atoms with Crippen molar-refractivity contribution >= 4 is 45.4 Å². The van der Waals surface area contributed by atoms with Crippen LogP contribution < -0.4 is 108 Å². The van der Waals surface area contributed by atoms with Crippen LogP contribution in [0.25, 0.3) is 0 Å². The van der Waals surface area contributed by atoms with E-state index in [1.165, 1.54) is 18.6 Å². The molecule has 16 nitrogen and oxygen atoms in total. The number of nitrogens with zero attached hydrogens (tertiary/aromatic N) is 3. The number of halogens is 3. The fourth-order valence-electron chi connectivity index (χ4n) is 17.5. The van der Waals surface area contributed by atoms with Gasteiger partial charge in [0.05, 0.1) is 59.8 Å². The zero-order chi connectivity index (χ0) is 56.4. The van der Waals surface area contributed by atoms with E-state index in [1.54, 1.807) is 24.7 Å². The number of rotatable bonds is 10. The fraction of sp³-hybridized carbons (Fsp3) is 0.814. The number of Topliss-reactive ketones (excluding diaryl/α,β-unsaturated/α-hetero) is 2. The van der Waals surface area contributed by atoms with Gasteiger partial charge in [0.15, 0.2) is 11.9 Å². The third kappa shape index (κ3) is 14.6. The van der Waals surface area contributed by atoms with Gasteiger partial charge in [0, 0.05) is 30.8 Å². The molecule has 11 rings (SSSR count). The van der Waals surface area contributed by atoms with Crippen LogP contribution >= 0.6 is 15.9 Å². The minimum Gasteiger partial charge on any atom is -1.00 e. The summed E-state index contributed by atoms with van der Waals surface area (Å²) in [6.45, 7) is 13.2. The second kappa shape index (κ2) is 28.6. The number of aromatic amines is 1. The van der Waals surface area contributed by atoms with Crippen molar-refractivity contribution in [3.05, 3.63) is 35.9 Å². The first-order valence-corrected chi connectivity index (χ1v) is 30.3. The van der Waals surface area contributed by atoms with Gasteiger partial charge in [-0.05, 0) is 214 Å². The van der Waals surface area contributed by atoms with E-state index in [0.29, 0.717) is 111 Å². The van der Waals surface area contributed by atoms with E-state index >= 15 is 8.78 Å². The Bertz CT molecular complexity index is 2440. The minimum atomic E-state index is -1.16. The van der Waals surface area contributed by atoms with Crippen LogP contribution in [0.3, 0.4) is 0 Å². The third-order valence-corrected chi connectivity index (χ3v) is 21.8. The molecule has 9 aliphatic rings. The molecule has 17 atom stereocenters. The van der Waals surface area contributed by atoms with E-state index in [1.807, 2.05) is 13.8 Å². The van der Waals surface area contributed by atoms with Crippen molar-refractivity contribution in [2.24, 2.45) is 70.0 Å². The van der Waals surface area contributed by atoms with Gasteiger partial charge in [-0.3, -0.25) is 19.4 Å². The average molecular weight is 1240 g/mol. The first-order valence-electron chi connectivity index (χ1n) is 29.2. The number of alkyl halides is 3. The maximum atomic E-state index is 16.5. The van der Waals surface area contributed by atoms with Crippen molar-refractivity contribution in [2.75, 3.05) is 25.2 Å². The van der Waals surface area contributed by atoms with Gasteiger partial charge < -0.3 is 36.0 Å². The first kappa shape index (κ1) is 68.7. The molecule has 0 radical (unpaired) electrons. The van der Waals surface area contributed by atoms with Crippen molar-refractivity contribution < 1.29 is 172 Å². The molecule has 2 aromatic heterocycles. The smallest absolute Gasteiger partial charge is 1.00 e. The first-order chi connectivity index (χ1) is 37.0. The predicted octanol–water partition coefficient (Wildman–Crippen LogP) is 3.49. The zero-order valence-electron chi connectivity index (χ0n) is 49.8. The number of aromatic nitrogens is 4. The summed E-state index contributed by atoms with van der Waals surface area (Å²) >= 11 is 3.37. The van der Waals surface area contributed by atoms with Crippen LogP contribution in [-0.4, -0.2) is 113 Å². The normalized spacial score (nSPS) is 39.8. The molecular weight excluding hydrogens is 1150 g/mol. The van der Waals surface area contributed by atoms with Crippen LogP contribution in [0.2, 0.25) is 0 Å². The molecule has 1 aliphatic heterocycles. The van der Waals surface area contributed by atoms with Crippen LogP contribution in [0, 0.1) is 70.0 Å². The standard InChI is InChI=1S/C27H39FN2O4.C21H32BrFO2.C6H8N2O2.C5H8O4.2K.H/c1-4-34-24(32)17-14-29-30(15-17)16-23(31)22-8-7-20-19-6-5-18-13-25(2,33)11-12-27(18,28)21(19)9-10-26(20,22)3;1-19(25)9-10-21(23)13(11-19)3-4-14-15-5-6-17(18(24)12-22)20(15,2)8-7-16(14)21;1-2-10-6(9)5-3-7-8-4-5;6-5(9-7)4-2-1-3-8-4;;;/h14-15,18-22,33H,4-13,16H2,1-3H3;13-17,25H,3-12H2,1-2H3;3-4H,2H2,1H3,(H,7,8);4,7H,1-3H2;;;/q;;;;2*+1;-1/p-1/t18-,19+,20+,21+,22-,25-,26+,27-;13-,14+,15+,16+,17-,19-,20+,21-;;;;;/m11...../s1. The summed E-state index contributed by atoms with van der Waals surface area (Å²) in [7, 11) is 0. The molecule has 0 amide bonds. The van der Waals surface area contributed by atoms with Gasteiger partial charge in [-0.25, -0.2) is 23.2 Å². The van der Waals surface area contributed by atoms with E-state index < -0.39 is 40.6 Å². The van der Waals surface area contributed by atoms with Crippen LogP contribution in [0.1, 0.15) is 192 Å². The number of ketones is 2. The molecule has 0 spiro atoms. The van der Waals surface area contributed by atoms with Gasteiger partial charge in [-0.1, -0.05) is 29.8 Å². The molecule has 21 heteroatoms. The van der Waals surface area contributed by atoms with Crippen molar-refractivity contribution in [1.82, 2.24) is 20.0 Å². The average Bonchev–Trinajstić information content (AvgIpc) is 4.30. The molecule has 80 heavy (non-hydrogen) atoms. The summed E-state index contributed by atoms with van der Waals surface area (Å²) in [5.41, 5.74) is -2.85. The molecule has 1 unspecified atom stereocenters. The number of ether oxygens (including phenoxy) is 3. The number of aliphatic hydroxyl groups is 2. The molecule has 0 bridgehead atoms. The molecule has 438 valence electrons. The zero-order valence-corrected chi connectivity index (χ0v) is 56.6. The SMILES string of the molecule is CCOC(=O)c1cn[nH]c1.CCOC(=O)c1cnn(CC(=O)[C@H]2CC[C@H]3[C@@H]4CC[C@@H]5C[C@](C)(O)CC[C@]5(F)[C@H]4CC[C@]23C)c1.C[C@@]1(O)CC[C@@]2(F)[C@H](CC[C@H]3[C@@H]4CC[C@H](C(=O)CBr)[C@@]4(C)CC[C@@H]32)C1.O=C(O[O-])C1CCCO1.[H-].[K+].[K+]. The predicted molar refractivity (Wildman–Crippen MR) is 286 cm³/mol. The number of fused-ring (bicyclic) bond motifs is 10. The van der Waals surface area contributed by atoms with Crippen LogP contribution in [0.5, 0.6) is 0 Å². The Morgan fingerprint density at radius 1 is 0.713 bits per heavy atom. The Morgan fingerprint density at radius 3 is 1.68 bits per heavy atom. The van der Waals surface area contributed by atoms with E-state index in [9.17, 15) is 39.4 Å². The Morgan fingerprint density at radius 2 is 1.23 bits per heavy atom. The molecule has 3 N–H and O–H groups in total. The molecule has 1 saturated heterocycles. The largest absolute Gasteiger partial charge is 1.00 e. The monoisotopic (exact) mass is 1240 g/mol. The topological polar surface area (TPSA) is 232 Å². The van der Waals surface area contributed by atoms with Crippen molar-refractivity contribution in [3.63, 3.8) is 0 Å². The van der Waals surface area contributed by atoms with Gasteiger partial charge in [0.25, 0.3) is 0 Å². The van der Waals surface area contributed by atoms with Crippen molar-refractivity contribution in [2.45, 2.75) is 205 Å². The van der Waals surface area contributed by atoms with E-state index in [2.05, 4.69) is 54.7 Å². The van der Waals surface area contributed by atoms with Crippen LogP contribution in [0.4, 0.5) is 8.78 Å². The summed E-state index contributed by atoms with van der Waals surface area (Å²) < 4.78 is 48.8. The number of nitrogens with one attached hydrogen (secondary N) is 1. The second-order valence-corrected chi connectivity index (χ2v) is 26.3. The molecule has 0 aromatic carbocycles. The van der Waals surface area contributed by atoms with Crippen LogP contribution in [-0.2, 0) is 40.0 Å². The number of hydrogen-bond acceptors (Lipinski definition) is 14. The van der Waals surface area contributed by atoms with E-state index in [4.69, 9.17) is 9.47 Å². The Kier molecular flexibility index (Phi) is 24.6. The Labute approximate surface area is 566 Å². The molecule has 8 aliphatic carbocycles. The number of H-pyrrole nitrogens is 1. The van der Waals surface area contributed by atoms with Gasteiger partial charge in [-0.15, -0.1) is 0 Å². The maximum Gasteiger partial charge on any atom is 1.00 e. The number of esters is 2. The molecular formula is C59H87BrF2K2N4O12. The van der Waals surface area contributed by atoms with Crippen molar-refractivity contribution in [1.29, 1.82) is 0 Å². The number of carbonyl (C=O) groups excluding carboxylic acids is 5. The molecule has 3 heterocycles. The Hall–Kier alpha value is -0.377. The summed E-state index contributed by atoms with van der Waals surface area (Å²) in [5, 5.41) is 41.3. The second-order valence-electron chi connectivity index (χ2n) is 25.7. The number of carbonyl (C=O) groups is 5. The molecule has 8 saturated carbocycles. The summed E-state index contributed by atoms with van der Waals surface area (Å²) in [5.74, 6) is 0.947. The van der Waals surface area contributed by atoms with Crippen LogP contribution in [0.15, 0.2) is 24.8 Å². The summed E-state index contributed by atoms with van der Waals surface area (Å²) in [6, 6.07) is 0. The van der Waals surface area contributed by atoms with E-state index in [-0.39, 0.29) is 169 Å². The van der Waals surface area contributed by atoms with Crippen molar-refractivity contribution in [3.8, 4) is 0 Å². The van der Waals surface area contributed by atoms with Gasteiger partial charge >= 0.3 is 121 Å². The fourth-order valence-corrected chi connectivity index (χ4v) is 17.9.